The average molecular weight is 299 g/mol. The van der Waals surface area contributed by atoms with E-state index in [9.17, 15) is 9.18 Å². The largest absolute Gasteiger partial charge is 0.481 e. The van der Waals surface area contributed by atoms with Gasteiger partial charge in [-0.15, -0.1) is 6.58 Å². The number of hydrogen-bond acceptors (Lipinski definition) is 2. The maximum atomic E-state index is 13.2. The highest BCUT2D eigenvalue weighted by atomic mass is 19.1. The van der Waals surface area contributed by atoms with E-state index >= 15 is 0 Å². The summed E-state index contributed by atoms with van der Waals surface area (Å²) in [6.45, 7) is 5.70. The molecular formula is C18H18FNO2. The molecule has 0 spiro atoms. The number of anilines is 1. The Morgan fingerprint density at radius 1 is 1.27 bits per heavy atom. The normalized spacial score (nSPS) is 11.5. The molecule has 0 aliphatic rings. The van der Waals surface area contributed by atoms with Crippen molar-refractivity contribution < 1.29 is 13.9 Å². The van der Waals surface area contributed by atoms with E-state index in [0.717, 1.165) is 5.69 Å². The minimum atomic E-state index is -0.734. The maximum Gasteiger partial charge on any atom is 0.268 e. The van der Waals surface area contributed by atoms with Gasteiger partial charge in [-0.1, -0.05) is 30.3 Å². The fraction of sp³-hybridized carbons (Fsp3) is 0.167. The highest BCUT2D eigenvalue weighted by Gasteiger charge is 2.22. The molecule has 1 unspecified atom stereocenters. The quantitative estimate of drug-likeness (QED) is 0.759. The number of hydrogen-bond donors (Lipinski definition) is 0. The summed E-state index contributed by atoms with van der Waals surface area (Å²) in [4.78, 5) is 14.2. The minimum Gasteiger partial charge on any atom is -0.481 e. The summed E-state index contributed by atoms with van der Waals surface area (Å²) in [5.74, 6) is -0.286. The van der Waals surface area contributed by atoms with E-state index in [0.29, 0.717) is 12.3 Å². The van der Waals surface area contributed by atoms with Crippen LogP contribution in [0.15, 0.2) is 67.3 Å². The molecule has 0 N–H and O–H groups in total. The summed E-state index contributed by atoms with van der Waals surface area (Å²) in [7, 11) is 0. The number of carbonyl (C=O) groups is 1. The number of halogens is 1. The Morgan fingerprint density at radius 3 is 2.64 bits per heavy atom. The van der Waals surface area contributed by atoms with Crippen molar-refractivity contribution in [3.63, 3.8) is 0 Å². The number of ether oxygens (including phenoxy) is 1. The smallest absolute Gasteiger partial charge is 0.268 e. The van der Waals surface area contributed by atoms with E-state index in [-0.39, 0.29) is 5.91 Å². The van der Waals surface area contributed by atoms with Gasteiger partial charge in [-0.3, -0.25) is 4.79 Å². The number of rotatable bonds is 6. The van der Waals surface area contributed by atoms with Crippen LogP contribution in [0, 0.1) is 5.82 Å². The summed E-state index contributed by atoms with van der Waals surface area (Å²) in [5.41, 5.74) is 0.766. The van der Waals surface area contributed by atoms with Crippen molar-refractivity contribution in [3.05, 3.63) is 73.1 Å². The van der Waals surface area contributed by atoms with Crippen LogP contribution in [-0.2, 0) is 4.79 Å². The molecule has 3 nitrogen and oxygen atoms in total. The molecule has 114 valence electrons. The summed E-state index contributed by atoms with van der Waals surface area (Å²) < 4.78 is 18.7. The van der Waals surface area contributed by atoms with Gasteiger partial charge < -0.3 is 9.64 Å². The van der Waals surface area contributed by atoms with Gasteiger partial charge in [0.1, 0.15) is 11.6 Å². The first-order valence-electron chi connectivity index (χ1n) is 7.01. The zero-order valence-corrected chi connectivity index (χ0v) is 12.4. The van der Waals surface area contributed by atoms with Crippen LogP contribution >= 0.6 is 0 Å². The molecule has 0 aliphatic heterocycles. The fourth-order valence-electron chi connectivity index (χ4n) is 2.07. The van der Waals surface area contributed by atoms with E-state index in [1.807, 2.05) is 30.3 Å². The van der Waals surface area contributed by atoms with Gasteiger partial charge in [-0.25, -0.2) is 4.39 Å². The van der Waals surface area contributed by atoms with Crippen molar-refractivity contribution >= 4 is 11.6 Å². The molecule has 1 atom stereocenters. The molecule has 4 heteroatoms. The van der Waals surface area contributed by atoms with Gasteiger partial charge in [0.15, 0.2) is 6.10 Å². The zero-order chi connectivity index (χ0) is 15.9. The van der Waals surface area contributed by atoms with E-state index in [4.69, 9.17) is 4.74 Å². The number of nitrogens with zero attached hydrogens (tertiary/aromatic N) is 1. The van der Waals surface area contributed by atoms with E-state index in [1.54, 1.807) is 30.0 Å². The Labute approximate surface area is 129 Å². The Balaban J connectivity index is 2.14. The van der Waals surface area contributed by atoms with Crippen LogP contribution in [0.3, 0.4) is 0 Å². The molecule has 2 rings (SSSR count). The number of para-hydroxylation sites is 1. The molecule has 0 bridgehead atoms. The molecule has 2 aromatic carbocycles. The fourth-order valence-corrected chi connectivity index (χ4v) is 2.07. The predicted molar refractivity (Wildman–Crippen MR) is 85.5 cm³/mol. The average Bonchev–Trinajstić information content (AvgIpc) is 2.53. The second-order valence-electron chi connectivity index (χ2n) is 4.79. The lowest BCUT2D eigenvalue weighted by Crippen LogP contribution is -2.40. The molecule has 22 heavy (non-hydrogen) atoms. The second-order valence-corrected chi connectivity index (χ2v) is 4.79. The van der Waals surface area contributed by atoms with Crippen LogP contribution in [-0.4, -0.2) is 18.6 Å². The zero-order valence-electron chi connectivity index (χ0n) is 12.4. The molecule has 1 amide bonds. The van der Waals surface area contributed by atoms with Gasteiger partial charge in [0.25, 0.3) is 5.91 Å². The molecule has 0 aliphatic carbocycles. The van der Waals surface area contributed by atoms with Gasteiger partial charge in [0, 0.05) is 18.3 Å². The molecule has 0 saturated carbocycles. The molecule has 0 radical (unpaired) electrons. The van der Waals surface area contributed by atoms with Crippen molar-refractivity contribution in [2.75, 3.05) is 11.4 Å². The SMILES string of the molecule is C=CCN(C(=O)C(C)Oc1cccc(F)c1)c1ccccc1. The summed E-state index contributed by atoms with van der Waals surface area (Å²) in [6.07, 6.45) is 0.918. The van der Waals surface area contributed by atoms with Crippen LogP contribution in [0.4, 0.5) is 10.1 Å². The summed E-state index contributed by atoms with van der Waals surface area (Å²) >= 11 is 0. The van der Waals surface area contributed by atoms with E-state index < -0.39 is 11.9 Å². The van der Waals surface area contributed by atoms with Crippen molar-refractivity contribution in [1.82, 2.24) is 0 Å². The molecule has 0 fully saturated rings. The van der Waals surface area contributed by atoms with Crippen LogP contribution in [0.25, 0.3) is 0 Å². The lowest BCUT2D eigenvalue weighted by atomic mass is 10.2. The third kappa shape index (κ3) is 3.95. The standard InChI is InChI=1S/C18H18FNO2/c1-3-12-20(16-9-5-4-6-10-16)18(21)14(2)22-17-11-7-8-15(19)13-17/h3-11,13-14H,1,12H2,2H3. The highest BCUT2D eigenvalue weighted by molar-refractivity contribution is 5.96. The Hall–Kier alpha value is -2.62. The van der Waals surface area contributed by atoms with Crippen molar-refractivity contribution in [2.45, 2.75) is 13.0 Å². The third-order valence-corrected chi connectivity index (χ3v) is 3.10. The first kappa shape index (κ1) is 15.8. The lowest BCUT2D eigenvalue weighted by Gasteiger charge is -2.25. The van der Waals surface area contributed by atoms with Crippen LogP contribution in [0.2, 0.25) is 0 Å². The van der Waals surface area contributed by atoms with Crippen molar-refractivity contribution in [1.29, 1.82) is 0 Å². The van der Waals surface area contributed by atoms with Crippen LogP contribution in [0.5, 0.6) is 5.75 Å². The molecule has 2 aromatic rings. The summed E-state index contributed by atoms with van der Waals surface area (Å²) in [5, 5.41) is 0. The monoisotopic (exact) mass is 299 g/mol. The number of benzene rings is 2. The third-order valence-electron chi connectivity index (χ3n) is 3.10. The van der Waals surface area contributed by atoms with Crippen molar-refractivity contribution in [3.8, 4) is 5.75 Å². The van der Waals surface area contributed by atoms with Crippen LogP contribution in [0.1, 0.15) is 6.92 Å². The van der Waals surface area contributed by atoms with E-state index in [2.05, 4.69) is 6.58 Å². The first-order valence-corrected chi connectivity index (χ1v) is 7.01. The molecular weight excluding hydrogens is 281 g/mol. The topological polar surface area (TPSA) is 29.5 Å². The second kappa shape index (κ2) is 7.41. The Bertz CT molecular complexity index is 643. The van der Waals surface area contributed by atoms with Gasteiger partial charge in [-0.2, -0.15) is 0 Å². The van der Waals surface area contributed by atoms with Gasteiger partial charge >= 0.3 is 0 Å². The van der Waals surface area contributed by atoms with Gasteiger partial charge in [-0.05, 0) is 31.2 Å². The lowest BCUT2D eigenvalue weighted by molar-refractivity contribution is -0.124. The van der Waals surface area contributed by atoms with Gasteiger partial charge in [0.05, 0.1) is 0 Å². The first-order chi connectivity index (χ1) is 10.6. The van der Waals surface area contributed by atoms with Crippen LogP contribution < -0.4 is 9.64 Å². The summed E-state index contributed by atoms with van der Waals surface area (Å²) in [6, 6.07) is 15.0. The maximum absolute atomic E-state index is 13.2. The Morgan fingerprint density at radius 2 is 2.00 bits per heavy atom. The minimum absolute atomic E-state index is 0.213. The molecule has 0 saturated heterocycles. The molecule has 0 heterocycles. The van der Waals surface area contributed by atoms with Gasteiger partial charge in [0.2, 0.25) is 0 Å². The molecule has 0 aromatic heterocycles. The Kier molecular flexibility index (Phi) is 5.31. The number of amides is 1. The number of carbonyl (C=O) groups excluding carboxylic acids is 1. The van der Waals surface area contributed by atoms with E-state index in [1.165, 1.54) is 12.1 Å². The predicted octanol–water partition coefficient (Wildman–Crippen LogP) is 3.81. The highest BCUT2D eigenvalue weighted by Crippen LogP contribution is 2.18. The van der Waals surface area contributed by atoms with Crippen molar-refractivity contribution in [2.24, 2.45) is 0 Å².